The largest absolute Gasteiger partial charge is 0.298 e. The van der Waals surface area contributed by atoms with Gasteiger partial charge in [-0.3, -0.25) is 14.4 Å². The van der Waals surface area contributed by atoms with E-state index in [0.29, 0.717) is 21.7 Å². The lowest BCUT2D eigenvalue weighted by Gasteiger charge is -2.15. The first kappa shape index (κ1) is 18.7. The van der Waals surface area contributed by atoms with Crippen molar-refractivity contribution in [2.75, 3.05) is 0 Å². The molecule has 0 amide bonds. The summed E-state index contributed by atoms with van der Waals surface area (Å²) in [6.07, 6.45) is -0.330. The Morgan fingerprint density at radius 1 is 0.704 bits per heavy atom. The Labute approximate surface area is 162 Å². The minimum absolute atomic E-state index is 0.301. The van der Waals surface area contributed by atoms with Crippen LogP contribution in [0.1, 0.15) is 38.6 Å². The minimum Gasteiger partial charge on any atom is -0.298 e. The second-order valence-corrected chi connectivity index (χ2v) is 6.58. The van der Waals surface area contributed by atoms with Crippen LogP contribution in [0.5, 0.6) is 0 Å². The molecule has 3 aromatic carbocycles. The molecular weight excluding hydrogens is 360 g/mol. The van der Waals surface area contributed by atoms with E-state index in [1.807, 2.05) is 6.07 Å². The zero-order valence-electron chi connectivity index (χ0n) is 14.5. The molecule has 0 saturated heterocycles. The second-order valence-electron chi connectivity index (χ2n) is 6.15. The van der Waals surface area contributed by atoms with Gasteiger partial charge in [0.25, 0.3) is 0 Å². The third-order valence-electron chi connectivity index (χ3n) is 4.28. The molecule has 134 valence electrons. The molecule has 0 aliphatic heterocycles. The van der Waals surface area contributed by atoms with Gasteiger partial charge < -0.3 is 0 Å². The molecule has 0 saturated carbocycles. The first-order chi connectivity index (χ1) is 13.1. The lowest BCUT2D eigenvalue weighted by Crippen LogP contribution is -2.24. The Bertz CT molecular complexity index is 948. The average Bonchev–Trinajstić information content (AvgIpc) is 2.70. The van der Waals surface area contributed by atoms with Crippen LogP contribution in [0, 0.1) is 0 Å². The van der Waals surface area contributed by atoms with Crippen LogP contribution in [0.15, 0.2) is 84.9 Å². The number of hydrogen-bond donors (Lipinski definition) is 0. The van der Waals surface area contributed by atoms with E-state index in [2.05, 4.69) is 0 Å². The van der Waals surface area contributed by atoms with Crippen molar-refractivity contribution in [3.05, 3.63) is 107 Å². The van der Waals surface area contributed by atoms with Gasteiger partial charge in [-0.15, -0.1) is 0 Å². The Balaban J connectivity index is 1.90. The van der Waals surface area contributed by atoms with Gasteiger partial charge in [-0.25, -0.2) is 0 Å². The third-order valence-corrected chi connectivity index (χ3v) is 4.53. The number of hydrogen-bond acceptors (Lipinski definition) is 3. The van der Waals surface area contributed by atoms with Crippen molar-refractivity contribution in [1.29, 1.82) is 0 Å². The van der Waals surface area contributed by atoms with Crippen LogP contribution in [0.25, 0.3) is 0 Å². The van der Waals surface area contributed by atoms with E-state index in [9.17, 15) is 14.4 Å². The SMILES string of the molecule is O=C(CC(=O)[C@@H](C(=O)c1ccc(Cl)cc1)c1ccccc1)c1ccccc1. The number of carbonyl (C=O) groups excluding carboxylic acids is 3. The molecule has 0 aliphatic carbocycles. The Kier molecular flexibility index (Phi) is 5.94. The monoisotopic (exact) mass is 376 g/mol. The summed E-state index contributed by atoms with van der Waals surface area (Å²) in [5.41, 5.74) is 1.41. The fraction of sp³-hybridized carbons (Fsp3) is 0.0870. The predicted molar refractivity (Wildman–Crippen MR) is 105 cm³/mol. The fourth-order valence-electron chi connectivity index (χ4n) is 2.90. The summed E-state index contributed by atoms with van der Waals surface area (Å²) in [4.78, 5) is 38.4. The first-order valence-corrected chi connectivity index (χ1v) is 8.90. The summed E-state index contributed by atoms with van der Waals surface area (Å²) in [6, 6.07) is 23.8. The molecule has 0 unspecified atom stereocenters. The van der Waals surface area contributed by atoms with Gasteiger partial charge in [-0.1, -0.05) is 72.3 Å². The van der Waals surface area contributed by atoms with Crippen LogP contribution in [0.3, 0.4) is 0 Å². The van der Waals surface area contributed by atoms with Crippen molar-refractivity contribution >= 4 is 29.0 Å². The summed E-state index contributed by atoms with van der Waals surface area (Å²) in [7, 11) is 0. The van der Waals surface area contributed by atoms with Crippen molar-refractivity contribution in [2.24, 2.45) is 0 Å². The second kappa shape index (κ2) is 8.56. The topological polar surface area (TPSA) is 51.2 Å². The molecule has 0 radical (unpaired) electrons. The number of Topliss-reactive ketones (excluding diaryl/α,β-unsaturated/α-hetero) is 3. The number of halogens is 1. The Morgan fingerprint density at radius 2 is 1.26 bits per heavy atom. The van der Waals surface area contributed by atoms with Crippen LogP contribution in [-0.2, 0) is 4.79 Å². The van der Waals surface area contributed by atoms with E-state index in [4.69, 9.17) is 11.6 Å². The van der Waals surface area contributed by atoms with Crippen molar-refractivity contribution in [3.63, 3.8) is 0 Å². The first-order valence-electron chi connectivity index (χ1n) is 8.52. The standard InChI is InChI=1S/C23H17ClO3/c24-19-13-11-18(12-14-19)23(27)22(17-9-5-2-6-10-17)21(26)15-20(25)16-7-3-1-4-8-16/h1-14,22H,15H2/t22-/m0/s1. The highest BCUT2D eigenvalue weighted by Crippen LogP contribution is 2.25. The molecule has 0 bridgehead atoms. The molecule has 0 fully saturated rings. The van der Waals surface area contributed by atoms with Crippen LogP contribution in [-0.4, -0.2) is 17.3 Å². The van der Waals surface area contributed by atoms with Gasteiger partial charge in [-0.05, 0) is 29.8 Å². The number of benzene rings is 3. The number of carbonyl (C=O) groups is 3. The molecule has 4 heteroatoms. The van der Waals surface area contributed by atoms with E-state index >= 15 is 0 Å². The van der Waals surface area contributed by atoms with E-state index in [-0.39, 0.29) is 18.0 Å². The molecule has 0 spiro atoms. The summed E-state index contributed by atoms with van der Waals surface area (Å²) >= 11 is 5.89. The maximum absolute atomic E-state index is 13.0. The van der Waals surface area contributed by atoms with E-state index in [1.165, 1.54) is 0 Å². The third kappa shape index (κ3) is 4.57. The van der Waals surface area contributed by atoms with Crippen molar-refractivity contribution in [2.45, 2.75) is 12.3 Å². The summed E-state index contributed by atoms with van der Waals surface area (Å²) < 4.78 is 0. The highest BCUT2D eigenvalue weighted by Gasteiger charge is 2.30. The number of rotatable bonds is 7. The maximum atomic E-state index is 13.0. The van der Waals surface area contributed by atoms with Gasteiger partial charge in [0.1, 0.15) is 5.92 Å². The maximum Gasteiger partial charge on any atom is 0.177 e. The molecule has 1 atom stereocenters. The summed E-state index contributed by atoms with van der Waals surface area (Å²) in [5.74, 6) is -2.09. The molecule has 0 aliphatic rings. The lowest BCUT2D eigenvalue weighted by atomic mass is 9.85. The molecule has 0 aromatic heterocycles. The van der Waals surface area contributed by atoms with E-state index in [0.717, 1.165) is 0 Å². The van der Waals surface area contributed by atoms with Crippen molar-refractivity contribution in [1.82, 2.24) is 0 Å². The van der Waals surface area contributed by atoms with Gasteiger partial charge in [0.15, 0.2) is 17.3 Å². The predicted octanol–water partition coefficient (Wildman–Crippen LogP) is 5.15. The van der Waals surface area contributed by atoms with Gasteiger partial charge in [-0.2, -0.15) is 0 Å². The lowest BCUT2D eigenvalue weighted by molar-refractivity contribution is -0.118. The van der Waals surface area contributed by atoms with E-state index < -0.39 is 11.7 Å². The van der Waals surface area contributed by atoms with Crippen molar-refractivity contribution in [3.8, 4) is 0 Å². The smallest absolute Gasteiger partial charge is 0.177 e. The summed E-state index contributed by atoms with van der Waals surface area (Å²) in [6.45, 7) is 0. The van der Waals surface area contributed by atoms with Crippen LogP contribution < -0.4 is 0 Å². The molecule has 0 heterocycles. The molecule has 3 nitrogen and oxygen atoms in total. The molecule has 27 heavy (non-hydrogen) atoms. The highest BCUT2D eigenvalue weighted by molar-refractivity contribution is 6.30. The zero-order chi connectivity index (χ0) is 19.2. The Morgan fingerprint density at radius 3 is 1.85 bits per heavy atom. The minimum atomic E-state index is -1.03. The zero-order valence-corrected chi connectivity index (χ0v) is 15.2. The Hall–Kier alpha value is -3.04. The van der Waals surface area contributed by atoms with Crippen molar-refractivity contribution < 1.29 is 14.4 Å². The van der Waals surface area contributed by atoms with Gasteiger partial charge >= 0.3 is 0 Å². The van der Waals surface area contributed by atoms with Crippen LogP contribution >= 0.6 is 11.6 Å². The molecule has 3 aromatic rings. The molecule has 0 N–H and O–H groups in total. The highest BCUT2D eigenvalue weighted by atomic mass is 35.5. The average molecular weight is 377 g/mol. The van der Waals surface area contributed by atoms with Gasteiger partial charge in [0.2, 0.25) is 0 Å². The quantitative estimate of drug-likeness (QED) is 0.423. The molecule has 3 rings (SSSR count). The van der Waals surface area contributed by atoms with Gasteiger partial charge in [0, 0.05) is 16.1 Å². The molecular formula is C23H17ClO3. The van der Waals surface area contributed by atoms with Crippen LogP contribution in [0.4, 0.5) is 0 Å². The fourth-order valence-corrected chi connectivity index (χ4v) is 3.02. The normalized spacial score (nSPS) is 11.6. The number of ketones is 3. The summed E-state index contributed by atoms with van der Waals surface area (Å²) in [5, 5.41) is 0.508. The van der Waals surface area contributed by atoms with E-state index in [1.54, 1.807) is 78.9 Å². The van der Waals surface area contributed by atoms with Crippen LogP contribution in [0.2, 0.25) is 5.02 Å². The van der Waals surface area contributed by atoms with Gasteiger partial charge in [0.05, 0.1) is 6.42 Å².